The number of thioether (sulfide) groups is 1. The molecular formula is C20H22FN3O2S. The van der Waals surface area contributed by atoms with Crippen LogP contribution in [0.4, 0.5) is 14.9 Å². The summed E-state index contributed by atoms with van der Waals surface area (Å²) in [5.41, 5.74) is 1.10. The summed E-state index contributed by atoms with van der Waals surface area (Å²) in [6.45, 7) is 0.548. The van der Waals surface area contributed by atoms with Gasteiger partial charge in [0, 0.05) is 28.7 Å². The van der Waals surface area contributed by atoms with E-state index < -0.39 is 0 Å². The Morgan fingerprint density at radius 1 is 1.11 bits per heavy atom. The van der Waals surface area contributed by atoms with Gasteiger partial charge in [0.1, 0.15) is 5.82 Å². The standard InChI is InChI=1S/C20H22FN3O2S/c21-15-5-9-18(10-6-15)27-12-2-11-22-19(25)14-3-1-4-17(13-14)24-20(26)23-16-7-8-16/h1,3-6,9-10,13,16H,2,7-8,11-12H2,(H,22,25)(H2,23,24,26). The lowest BCUT2D eigenvalue weighted by Gasteiger charge is -2.09. The average molecular weight is 387 g/mol. The molecule has 5 nitrogen and oxygen atoms in total. The third-order valence-electron chi connectivity index (χ3n) is 3.98. The Labute approximate surface area is 162 Å². The van der Waals surface area contributed by atoms with Gasteiger partial charge in [-0.1, -0.05) is 6.07 Å². The van der Waals surface area contributed by atoms with Crippen molar-refractivity contribution in [1.29, 1.82) is 0 Å². The highest BCUT2D eigenvalue weighted by Gasteiger charge is 2.23. The molecule has 0 radical (unpaired) electrons. The number of carbonyl (C=O) groups excluding carboxylic acids is 2. The zero-order valence-corrected chi connectivity index (χ0v) is 15.7. The summed E-state index contributed by atoms with van der Waals surface area (Å²) < 4.78 is 12.9. The largest absolute Gasteiger partial charge is 0.352 e. The molecular weight excluding hydrogens is 365 g/mol. The molecule has 0 aromatic heterocycles. The average Bonchev–Trinajstić information content (AvgIpc) is 3.47. The van der Waals surface area contributed by atoms with Gasteiger partial charge < -0.3 is 16.0 Å². The molecule has 0 unspecified atom stereocenters. The van der Waals surface area contributed by atoms with Crippen LogP contribution in [0.5, 0.6) is 0 Å². The number of carbonyl (C=O) groups is 2. The monoisotopic (exact) mass is 387 g/mol. The van der Waals surface area contributed by atoms with Crippen molar-refractivity contribution >= 4 is 29.4 Å². The summed E-state index contributed by atoms with van der Waals surface area (Å²) in [5.74, 6) is 0.413. The van der Waals surface area contributed by atoms with Gasteiger partial charge in [-0.25, -0.2) is 9.18 Å². The second kappa shape index (κ2) is 9.41. The second-order valence-electron chi connectivity index (χ2n) is 6.37. The molecule has 1 aliphatic rings. The molecule has 2 aromatic carbocycles. The molecule has 3 rings (SSSR count). The first-order valence-corrected chi connectivity index (χ1v) is 9.93. The first-order chi connectivity index (χ1) is 13.1. The number of rotatable bonds is 8. The summed E-state index contributed by atoms with van der Waals surface area (Å²) in [6, 6.07) is 13.3. The van der Waals surface area contributed by atoms with E-state index in [1.165, 1.54) is 12.1 Å². The molecule has 0 spiro atoms. The number of hydrogen-bond donors (Lipinski definition) is 3. The SMILES string of the molecule is O=C(Nc1cccc(C(=O)NCCCSc2ccc(F)cc2)c1)NC1CC1. The molecule has 1 saturated carbocycles. The van der Waals surface area contributed by atoms with E-state index in [0.29, 0.717) is 17.8 Å². The molecule has 7 heteroatoms. The predicted octanol–water partition coefficient (Wildman–Crippen LogP) is 4.02. The van der Waals surface area contributed by atoms with Gasteiger partial charge in [0.15, 0.2) is 0 Å². The van der Waals surface area contributed by atoms with E-state index in [9.17, 15) is 14.0 Å². The minimum absolute atomic E-state index is 0.173. The zero-order chi connectivity index (χ0) is 19.1. The molecule has 2 aromatic rings. The number of amides is 3. The maximum atomic E-state index is 12.9. The number of urea groups is 1. The summed E-state index contributed by atoms with van der Waals surface area (Å²) in [7, 11) is 0. The smallest absolute Gasteiger partial charge is 0.319 e. The third-order valence-corrected chi connectivity index (χ3v) is 5.08. The molecule has 1 aliphatic carbocycles. The first kappa shape index (κ1) is 19.2. The van der Waals surface area contributed by atoms with Crippen LogP contribution >= 0.6 is 11.8 Å². The molecule has 1 fully saturated rings. The number of hydrogen-bond acceptors (Lipinski definition) is 3. The van der Waals surface area contributed by atoms with Gasteiger partial charge in [0.2, 0.25) is 0 Å². The van der Waals surface area contributed by atoms with Crippen LogP contribution in [0, 0.1) is 5.82 Å². The van der Waals surface area contributed by atoms with Crippen molar-refractivity contribution in [3.05, 3.63) is 59.9 Å². The Hall–Kier alpha value is -2.54. The molecule has 0 atom stereocenters. The fourth-order valence-corrected chi connectivity index (χ4v) is 3.27. The topological polar surface area (TPSA) is 70.2 Å². The summed E-state index contributed by atoms with van der Waals surface area (Å²) in [6.07, 6.45) is 2.85. The molecule has 0 aliphatic heterocycles. The molecule has 27 heavy (non-hydrogen) atoms. The molecule has 0 saturated heterocycles. The van der Waals surface area contributed by atoms with Gasteiger partial charge in [-0.15, -0.1) is 11.8 Å². The van der Waals surface area contributed by atoms with Crippen molar-refractivity contribution in [3.8, 4) is 0 Å². The van der Waals surface area contributed by atoms with Crippen molar-refractivity contribution in [1.82, 2.24) is 10.6 Å². The highest BCUT2D eigenvalue weighted by Crippen LogP contribution is 2.19. The number of anilines is 1. The molecule has 142 valence electrons. The molecule has 3 N–H and O–H groups in total. The van der Waals surface area contributed by atoms with Crippen LogP contribution in [-0.2, 0) is 0 Å². The van der Waals surface area contributed by atoms with E-state index in [0.717, 1.165) is 29.9 Å². The number of nitrogens with one attached hydrogen (secondary N) is 3. The lowest BCUT2D eigenvalue weighted by Crippen LogP contribution is -2.30. The summed E-state index contributed by atoms with van der Waals surface area (Å²) in [5, 5.41) is 8.47. The van der Waals surface area contributed by atoms with Crippen LogP contribution in [0.2, 0.25) is 0 Å². The molecule has 0 heterocycles. The van der Waals surface area contributed by atoms with Crippen LogP contribution in [0.25, 0.3) is 0 Å². The van der Waals surface area contributed by atoms with Crippen LogP contribution in [-0.4, -0.2) is 30.3 Å². The Kier molecular flexibility index (Phi) is 6.70. The van der Waals surface area contributed by atoms with E-state index in [2.05, 4.69) is 16.0 Å². The lowest BCUT2D eigenvalue weighted by atomic mass is 10.2. The maximum Gasteiger partial charge on any atom is 0.319 e. The van der Waals surface area contributed by atoms with Gasteiger partial charge >= 0.3 is 6.03 Å². The van der Waals surface area contributed by atoms with E-state index in [-0.39, 0.29) is 23.8 Å². The first-order valence-electron chi connectivity index (χ1n) is 8.94. The van der Waals surface area contributed by atoms with Gasteiger partial charge in [0.05, 0.1) is 0 Å². The number of benzene rings is 2. The van der Waals surface area contributed by atoms with E-state index in [4.69, 9.17) is 0 Å². The Morgan fingerprint density at radius 2 is 1.89 bits per heavy atom. The highest BCUT2D eigenvalue weighted by atomic mass is 32.2. The fraction of sp³-hybridized carbons (Fsp3) is 0.300. The van der Waals surface area contributed by atoms with Gasteiger partial charge in [-0.3, -0.25) is 4.79 Å². The minimum Gasteiger partial charge on any atom is -0.352 e. The third kappa shape index (κ3) is 6.60. The van der Waals surface area contributed by atoms with Crippen LogP contribution in [0.3, 0.4) is 0 Å². The Bertz CT molecular complexity index is 794. The Balaban J connectivity index is 1.38. The van der Waals surface area contributed by atoms with Crippen molar-refractivity contribution in [2.24, 2.45) is 0 Å². The second-order valence-corrected chi connectivity index (χ2v) is 7.53. The molecule has 3 amide bonds. The van der Waals surface area contributed by atoms with E-state index >= 15 is 0 Å². The minimum atomic E-state index is -0.243. The Morgan fingerprint density at radius 3 is 2.63 bits per heavy atom. The van der Waals surface area contributed by atoms with Crippen LogP contribution < -0.4 is 16.0 Å². The fourth-order valence-electron chi connectivity index (χ4n) is 2.42. The summed E-state index contributed by atoms with van der Waals surface area (Å²) >= 11 is 1.62. The van der Waals surface area contributed by atoms with Crippen LogP contribution in [0.1, 0.15) is 29.6 Å². The maximum absolute atomic E-state index is 12.9. The lowest BCUT2D eigenvalue weighted by molar-refractivity contribution is 0.0954. The van der Waals surface area contributed by atoms with E-state index in [1.54, 1.807) is 48.2 Å². The predicted molar refractivity (Wildman–Crippen MR) is 106 cm³/mol. The number of halogens is 1. The van der Waals surface area contributed by atoms with Gasteiger partial charge in [-0.2, -0.15) is 0 Å². The van der Waals surface area contributed by atoms with Crippen molar-refractivity contribution in [2.45, 2.75) is 30.2 Å². The van der Waals surface area contributed by atoms with Crippen molar-refractivity contribution < 1.29 is 14.0 Å². The summed E-state index contributed by atoms with van der Waals surface area (Å²) in [4.78, 5) is 25.0. The van der Waals surface area contributed by atoms with Crippen molar-refractivity contribution in [3.63, 3.8) is 0 Å². The highest BCUT2D eigenvalue weighted by molar-refractivity contribution is 7.99. The zero-order valence-electron chi connectivity index (χ0n) is 14.8. The van der Waals surface area contributed by atoms with E-state index in [1.807, 2.05) is 0 Å². The normalized spacial score (nSPS) is 13.1. The van der Waals surface area contributed by atoms with Gasteiger partial charge in [-0.05, 0) is 67.5 Å². The van der Waals surface area contributed by atoms with Crippen LogP contribution in [0.15, 0.2) is 53.4 Å². The quantitative estimate of drug-likeness (QED) is 0.473. The van der Waals surface area contributed by atoms with Gasteiger partial charge in [0.25, 0.3) is 5.91 Å². The van der Waals surface area contributed by atoms with Crippen molar-refractivity contribution in [2.75, 3.05) is 17.6 Å². The molecule has 0 bridgehead atoms.